The number of fused-ring (bicyclic) bond motifs is 1. The monoisotopic (exact) mass is 266 g/mol. The van der Waals surface area contributed by atoms with Gasteiger partial charge in [0.15, 0.2) is 0 Å². The van der Waals surface area contributed by atoms with Crippen LogP contribution in [0.1, 0.15) is 15.9 Å². The number of aromatic nitrogens is 2. The number of imidazole rings is 1. The molecule has 0 saturated carbocycles. The van der Waals surface area contributed by atoms with Crippen LogP contribution in [-0.2, 0) is 4.74 Å². The van der Waals surface area contributed by atoms with Gasteiger partial charge in [0.1, 0.15) is 5.82 Å². The topological polar surface area (TPSA) is 55.0 Å². The second kappa shape index (κ2) is 4.81. The molecule has 3 aromatic rings. The minimum absolute atomic E-state index is 0.349. The molecule has 4 nitrogen and oxygen atoms in total. The lowest BCUT2D eigenvalue weighted by molar-refractivity contribution is 0.0601. The Labute approximate surface area is 116 Å². The van der Waals surface area contributed by atoms with Crippen molar-refractivity contribution in [3.05, 3.63) is 53.6 Å². The standard InChI is InChI=1S/C16H14N2O2/c1-10-3-5-11(6-4-10)15-17-13-8-7-12(16(19)20-2)9-14(13)18-15/h3-9H,1-2H3,(H,17,18). The lowest BCUT2D eigenvalue weighted by Crippen LogP contribution is -2.00. The number of nitrogens with one attached hydrogen (secondary N) is 1. The number of carbonyl (C=O) groups is 1. The van der Waals surface area contributed by atoms with E-state index in [1.54, 1.807) is 12.1 Å². The molecule has 1 aromatic heterocycles. The highest BCUT2D eigenvalue weighted by atomic mass is 16.5. The number of aromatic amines is 1. The van der Waals surface area contributed by atoms with Crippen LogP contribution in [-0.4, -0.2) is 23.0 Å². The molecule has 4 heteroatoms. The first-order chi connectivity index (χ1) is 9.67. The normalized spacial score (nSPS) is 10.7. The van der Waals surface area contributed by atoms with Crippen molar-refractivity contribution in [1.29, 1.82) is 0 Å². The Hall–Kier alpha value is -2.62. The van der Waals surface area contributed by atoms with Gasteiger partial charge in [-0.1, -0.05) is 29.8 Å². The number of rotatable bonds is 2. The van der Waals surface area contributed by atoms with Crippen molar-refractivity contribution >= 4 is 17.0 Å². The summed E-state index contributed by atoms with van der Waals surface area (Å²) in [5, 5.41) is 0. The van der Waals surface area contributed by atoms with E-state index in [0.717, 1.165) is 22.4 Å². The summed E-state index contributed by atoms with van der Waals surface area (Å²) in [5.41, 5.74) is 4.39. The second-order valence-corrected chi connectivity index (χ2v) is 4.67. The Bertz CT molecular complexity index is 773. The molecule has 0 atom stereocenters. The van der Waals surface area contributed by atoms with Gasteiger partial charge in [-0.25, -0.2) is 9.78 Å². The smallest absolute Gasteiger partial charge is 0.337 e. The molecular formula is C16H14N2O2. The predicted octanol–water partition coefficient (Wildman–Crippen LogP) is 3.32. The zero-order chi connectivity index (χ0) is 14.1. The quantitative estimate of drug-likeness (QED) is 0.724. The lowest BCUT2D eigenvalue weighted by atomic mass is 10.1. The molecule has 1 N–H and O–H groups in total. The molecule has 20 heavy (non-hydrogen) atoms. The first kappa shape index (κ1) is 12.4. The van der Waals surface area contributed by atoms with E-state index in [4.69, 9.17) is 4.74 Å². The van der Waals surface area contributed by atoms with Crippen molar-refractivity contribution in [3.8, 4) is 11.4 Å². The van der Waals surface area contributed by atoms with Crippen LogP contribution >= 0.6 is 0 Å². The van der Waals surface area contributed by atoms with Crippen molar-refractivity contribution in [2.75, 3.05) is 7.11 Å². The molecule has 0 aliphatic rings. The number of ether oxygens (including phenoxy) is 1. The summed E-state index contributed by atoms with van der Waals surface area (Å²) >= 11 is 0. The van der Waals surface area contributed by atoms with E-state index in [1.165, 1.54) is 12.7 Å². The van der Waals surface area contributed by atoms with E-state index in [9.17, 15) is 4.79 Å². The van der Waals surface area contributed by atoms with Gasteiger partial charge < -0.3 is 9.72 Å². The summed E-state index contributed by atoms with van der Waals surface area (Å²) in [6.45, 7) is 2.05. The zero-order valence-electron chi connectivity index (χ0n) is 11.3. The van der Waals surface area contributed by atoms with Crippen LogP contribution in [0.25, 0.3) is 22.4 Å². The van der Waals surface area contributed by atoms with Crippen molar-refractivity contribution in [2.45, 2.75) is 6.92 Å². The number of aryl methyl sites for hydroxylation is 1. The van der Waals surface area contributed by atoms with E-state index in [2.05, 4.69) is 9.97 Å². The average molecular weight is 266 g/mol. The van der Waals surface area contributed by atoms with E-state index in [-0.39, 0.29) is 5.97 Å². The Morgan fingerprint density at radius 2 is 1.90 bits per heavy atom. The third-order valence-electron chi connectivity index (χ3n) is 3.23. The molecule has 0 unspecified atom stereocenters. The number of esters is 1. The van der Waals surface area contributed by atoms with Crippen LogP contribution in [0.5, 0.6) is 0 Å². The summed E-state index contributed by atoms with van der Waals surface area (Å²) in [6, 6.07) is 13.4. The fourth-order valence-electron chi connectivity index (χ4n) is 2.10. The number of carbonyl (C=O) groups excluding carboxylic acids is 1. The summed E-state index contributed by atoms with van der Waals surface area (Å²) in [4.78, 5) is 19.3. The Morgan fingerprint density at radius 3 is 2.60 bits per heavy atom. The molecule has 0 fully saturated rings. The zero-order valence-corrected chi connectivity index (χ0v) is 11.3. The first-order valence-electron chi connectivity index (χ1n) is 6.32. The largest absolute Gasteiger partial charge is 0.465 e. The van der Waals surface area contributed by atoms with Crippen LogP contribution in [0.3, 0.4) is 0 Å². The van der Waals surface area contributed by atoms with Crippen molar-refractivity contribution in [1.82, 2.24) is 9.97 Å². The average Bonchev–Trinajstić information content (AvgIpc) is 2.90. The highest BCUT2D eigenvalue weighted by Gasteiger charge is 2.09. The van der Waals surface area contributed by atoms with Gasteiger partial charge in [0, 0.05) is 5.56 Å². The van der Waals surface area contributed by atoms with Gasteiger partial charge in [-0.2, -0.15) is 0 Å². The third kappa shape index (κ3) is 2.16. The minimum atomic E-state index is -0.349. The molecular weight excluding hydrogens is 252 g/mol. The number of benzene rings is 2. The van der Waals surface area contributed by atoms with Gasteiger partial charge >= 0.3 is 5.97 Å². The molecule has 3 rings (SSSR count). The van der Waals surface area contributed by atoms with Gasteiger partial charge in [0.25, 0.3) is 0 Å². The third-order valence-corrected chi connectivity index (χ3v) is 3.23. The molecule has 0 saturated heterocycles. The number of hydrogen-bond donors (Lipinski definition) is 1. The molecule has 0 spiro atoms. The molecule has 0 aliphatic heterocycles. The van der Waals surface area contributed by atoms with E-state index in [1.807, 2.05) is 37.3 Å². The molecule has 100 valence electrons. The van der Waals surface area contributed by atoms with Gasteiger partial charge in [-0.3, -0.25) is 0 Å². The Morgan fingerprint density at radius 1 is 1.15 bits per heavy atom. The number of hydrogen-bond acceptors (Lipinski definition) is 3. The molecule has 0 aliphatic carbocycles. The predicted molar refractivity (Wildman–Crippen MR) is 77.6 cm³/mol. The number of nitrogens with zero attached hydrogens (tertiary/aromatic N) is 1. The van der Waals surface area contributed by atoms with Crippen LogP contribution in [0, 0.1) is 6.92 Å². The highest BCUT2D eigenvalue weighted by Crippen LogP contribution is 2.21. The van der Waals surface area contributed by atoms with Crippen LogP contribution in [0.15, 0.2) is 42.5 Å². The fraction of sp³-hybridized carbons (Fsp3) is 0.125. The SMILES string of the molecule is COC(=O)c1ccc2nc(-c3ccc(C)cc3)[nH]c2c1. The first-order valence-corrected chi connectivity index (χ1v) is 6.32. The van der Waals surface area contributed by atoms with Gasteiger partial charge in [-0.05, 0) is 25.1 Å². The van der Waals surface area contributed by atoms with Crippen LogP contribution < -0.4 is 0 Å². The summed E-state index contributed by atoms with van der Waals surface area (Å²) < 4.78 is 4.72. The maximum atomic E-state index is 11.5. The summed E-state index contributed by atoms with van der Waals surface area (Å²) in [6.07, 6.45) is 0. The lowest BCUT2D eigenvalue weighted by Gasteiger charge is -1.97. The molecule has 0 bridgehead atoms. The van der Waals surface area contributed by atoms with E-state index >= 15 is 0 Å². The Kier molecular flexibility index (Phi) is 2.99. The minimum Gasteiger partial charge on any atom is -0.465 e. The van der Waals surface area contributed by atoms with E-state index in [0.29, 0.717) is 5.56 Å². The Balaban J connectivity index is 2.06. The number of H-pyrrole nitrogens is 1. The van der Waals surface area contributed by atoms with Crippen LogP contribution in [0.4, 0.5) is 0 Å². The molecule has 0 radical (unpaired) electrons. The van der Waals surface area contributed by atoms with Crippen molar-refractivity contribution in [3.63, 3.8) is 0 Å². The van der Waals surface area contributed by atoms with Crippen molar-refractivity contribution in [2.24, 2.45) is 0 Å². The van der Waals surface area contributed by atoms with Crippen LogP contribution in [0.2, 0.25) is 0 Å². The second-order valence-electron chi connectivity index (χ2n) is 4.67. The molecule has 1 heterocycles. The maximum absolute atomic E-state index is 11.5. The highest BCUT2D eigenvalue weighted by molar-refractivity contribution is 5.94. The summed E-state index contributed by atoms with van der Waals surface area (Å²) in [5.74, 6) is 0.445. The van der Waals surface area contributed by atoms with Gasteiger partial charge in [0.05, 0.1) is 23.7 Å². The summed E-state index contributed by atoms with van der Waals surface area (Å²) in [7, 11) is 1.37. The number of methoxy groups -OCH3 is 1. The van der Waals surface area contributed by atoms with Gasteiger partial charge in [-0.15, -0.1) is 0 Å². The maximum Gasteiger partial charge on any atom is 0.337 e. The van der Waals surface area contributed by atoms with Gasteiger partial charge in [0.2, 0.25) is 0 Å². The molecule has 2 aromatic carbocycles. The van der Waals surface area contributed by atoms with Crippen molar-refractivity contribution < 1.29 is 9.53 Å². The molecule has 0 amide bonds. The van der Waals surface area contributed by atoms with E-state index < -0.39 is 0 Å². The fourth-order valence-corrected chi connectivity index (χ4v) is 2.10.